The Labute approximate surface area is 125 Å². The van der Waals surface area contributed by atoms with Crippen molar-refractivity contribution in [2.75, 3.05) is 13.1 Å². The minimum atomic E-state index is -0.604. The predicted octanol–water partition coefficient (Wildman–Crippen LogP) is 3.25. The van der Waals surface area contributed by atoms with E-state index < -0.39 is 6.10 Å². The lowest BCUT2D eigenvalue weighted by molar-refractivity contribution is 0.175. The quantitative estimate of drug-likeness (QED) is 0.766. The van der Waals surface area contributed by atoms with Crippen molar-refractivity contribution in [1.82, 2.24) is 5.32 Å². The maximum absolute atomic E-state index is 12.8. The average Bonchev–Trinajstić information content (AvgIpc) is 2.52. The fraction of sp³-hybridized carbons (Fsp3) is 0.333. The molecule has 2 nitrogen and oxygen atoms in total. The third-order valence-corrected chi connectivity index (χ3v) is 3.61. The number of hydrogen-bond acceptors (Lipinski definition) is 2. The van der Waals surface area contributed by atoms with Crippen molar-refractivity contribution >= 4 is 0 Å². The number of rotatable bonds is 7. The lowest BCUT2D eigenvalue weighted by Gasteiger charge is -2.12. The van der Waals surface area contributed by atoms with Gasteiger partial charge in [-0.25, -0.2) is 4.39 Å². The van der Waals surface area contributed by atoms with Gasteiger partial charge in [-0.15, -0.1) is 0 Å². The molecule has 0 heterocycles. The van der Waals surface area contributed by atoms with Crippen LogP contribution in [0.3, 0.4) is 0 Å². The Hall–Kier alpha value is -1.71. The molecule has 0 aromatic heterocycles. The molecule has 0 fully saturated rings. The van der Waals surface area contributed by atoms with Gasteiger partial charge in [0.2, 0.25) is 0 Å². The Morgan fingerprint density at radius 2 is 1.62 bits per heavy atom. The first-order valence-electron chi connectivity index (χ1n) is 7.41. The van der Waals surface area contributed by atoms with Gasteiger partial charge >= 0.3 is 0 Å². The van der Waals surface area contributed by atoms with Gasteiger partial charge in [0.1, 0.15) is 5.82 Å². The van der Waals surface area contributed by atoms with Gasteiger partial charge in [0.05, 0.1) is 6.10 Å². The lowest BCUT2D eigenvalue weighted by atomic mass is 10.1. The average molecular weight is 287 g/mol. The summed E-state index contributed by atoms with van der Waals surface area (Å²) in [6, 6.07) is 14.6. The molecule has 2 aromatic rings. The molecule has 112 valence electrons. The molecule has 1 unspecified atom stereocenters. The summed E-state index contributed by atoms with van der Waals surface area (Å²) in [5, 5.41) is 13.2. The van der Waals surface area contributed by atoms with E-state index in [0.29, 0.717) is 6.54 Å². The molecule has 21 heavy (non-hydrogen) atoms. The molecule has 2 rings (SSSR count). The van der Waals surface area contributed by atoms with Crippen LogP contribution in [0.1, 0.15) is 29.7 Å². The van der Waals surface area contributed by atoms with Gasteiger partial charge in [-0.1, -0.05) is 43.3 Å². The number of aliphatic hydroxyl groups is 1. The second-order valence-electron chi connectivity index (χ2n) is 5.19. The Morgan fingerprint density at radius 3 is 2.24 bits per heavy atom. The number of aryl methyl sites for hydroxylation is 1. The molecular formula is C18H22FNO. The van der Waals surface area contributed by atoms with Crippen LogP contribution in [0.2, 0.25) is 0 Å². The molecule has 0 spiro atoms. The van der Waals surface area contributed by atoms with Gasteiger partial charge in [-0.05, 0) is 48.2 Å². The summed E-state index contributed by atoms with van der Waals surface area (Å²) in [5.41, 5.74) is 3.37. The van der Waals surface area contributed by atoms with E-state index in [1.54, 1.807) is 12.1 Å². The van der Waals surface area contributed by atoms with Gasteiger partial charge in [0.25, 0.3) is 0 Å². The summed E-state index contributed by atoms with van der Waals surface area (Å²) < 4.78 is 12.8. The summed E-state index contributed by atoms with van der Waals surface area (Å²) in [5.74, 6) is -0.283. The van der Waals surface area contributed by atoms with Crippen molar-refractivity contribution in [2.45, 2.75) is 25.9 Å². The largest absolute Gasteiger partial charge is 0.387 e. The topological polar surface area (TPSA) is 32.3 Å². The summed E-state index contributed by atoms with van der Waals surface area (Å²) >= 11 is 0. The predicted molar refractivity (Wildman–Crippen MR) is 83.8 cm³/mol. The minimum absolute atomic E-state index is 0.283. The highest BCUT2D eigenvalue weighted by atomic mass is 19.1. The third kappa shape index (κ3) is 4.96. The maximum atomic E-state index is 12.8. The number of aliphatic hydroxyl groups excluding tert-OH is 1. The molecular weight excluding hydrogens is 265 g/mol. The smallest absolute Gasteiger partial charge is 0.123 e. The zero-order chi connectivity index (χ0) is 15.1. The van der Waals surface area contributed by atoms with E-state index in [9.17, 15) is 9.50 Å². The van der Waals surface area contributed by atoms with Crippen LogP contribution in [-0.4, -0.2) is 18.2 Å². The molecule has 2 N–H and O–H groups in total. The molecule has 0 radical (unpaired) electrons. The van der Waals surface area contributed by atoms with Crippen molar-refractivity contribution in [2.24, 2.45) is 0 Å². The zero-order valence-corrected chi connectivity index (χ0v) is 12.3. The van der Waals surface area contributed by atoms with Crippen molar-refractivity contribution < 1.29 is 9.50 Å². The van der Waals surface area contributed by atoms with Crippen LogP contribution in [0.15, 0.2) is 48.5 Å². The number of hydrogen-bond donors (Lipinski definition) is 2. The maximum Gasteiger partial charge on any atom is 0.123 e. The molecule has 3 heteroatoms. The van der Waals surface area contributed by atoms with E-state index in [0.717, 1.165) is 24.9 Å². The van der Waals surface area contributed by atoms with Gasteiger partial charge < -0.3 is 10.4 Å². The molecule has 0 aliphatic carbocycles. The van der Waals surface area contributed by atoms with E-state index in [-0.39, 0.29) is 5.82 Å². The Kier molecular flexibility index (Phi) is 5.90. The molecule has 0 saturated heterocycles. The standard InChI is InChI=1S/C18H22FNO/c1-2-14-3-5-15(6-4-14)11-12-20-13-18(21)16-7-9-17(19)10-8-16/h3-10,18,20-21H,2,11-13H2,1H3. The second-order valence-corrected chi connectivity index (χ2v) is 5.19. The number of benzene rings is 2. The Bertz CT molecular complexity index is 536. The van der Waals surface area contributed by atoms with E-state index in [4.69, 9.17) is 0 Å². The number of nitrogens with one attached hydrogen (secondary N) is 1. The molecule has 0 amide bonds. The van der Waals surface area contributed by atoms with Crippen LogP contribution in [0.4, 0.5) is 4.39 Å². The highest BCUT2D eigenvalue weighted by molar-refractivity contribution is 5.22. The van der Waals surface area contributed by atoms with E-state index in [1.165, 1.54) is 23.3 Å². The van der Waals surface area contributed by atoms with Gasteiger partial charge in [-0.2, -0.15) is 0 Å². The SMILES string of the molecule is CCc1ccc(CCNCC(O)c2ccc(F)cc2)cc1. The van der Waals surface area contributed by atoms with Crippen LogP contribution in [0.25, 0.3) is 0 Å². The van der Waals surface area contributed by atoms with Crippen molar-refractivity contribution in [1.29, 1.82) is 0 Å². The summed E-state index contributed by atoms with van der Waals surface area (Å²) in [7, 11) is 0. The van der Waals surface area contributed by atoms with E-state index in [1.807, 2.05) is 0 Å². The zero-order valence-electron chi connectivity index (χ0n) is 12.3. The van der Waals surface area contributed by atoms with Crippen LogP contribution in [0, 0.1) is 5.82 Å². The lowest BCUT2D eigenvalue weighted by Crippen LogP contribution is -2.23. The van der Waals surface area contributed by atoms with Gasteiger partial charge in [0.15, 0.2) is 0 Å². The third-order valence-electron chi connectivity index (χ3n) is 3.61. The fourth-order valence-corrected chi connectivity index (χ4v) is 2.22. The Morgan fingerprint density at radius 1 is 1.00 bits per heavy atom. The van der Waals surface area contributed by atoms with Crippen molar-refractivity contribution in [3.05, 3.63) is 71.0 Å². The first kappa shape index (κ1) is 15.7. The number of halogens is 1. The monoisotopic (exact) mass is 287 g/mol. The van der Waals surface area contributed by atoms with E-state index in [2.05, 4.69) is 36.5 Å². The fourth-order valence-electron chi connectivity index (χ4n) is 2.22. The highest BCUT2D eigenvalue weighted by Gasteiger charge is 2.06. The minimum Gasteiger partial charge on any atom is -0.387 e. The molecule has 0 bridgehead atoms. The molecule has 1 atom stereocenters. The Balaban J connectivity index is 1.72. The second kappa shape index (κ2) is 7.91. The normalized spacial score (nSPS) is 12.3. The first-order chi connectivity index (χ1) is 10.2. The summed E-state index contributed by atoms with van der Waals surface area (Å²) in [6.07, 6.45) is 1.38. The molecule has 0 aliphatic heterocycles. The molecule has 2 aromatic carbocycles. The van der Waals surface area contributed by atoms with Crippen LogP contribution in [-0.2, 0) is 12.8 Å². The van der Waals surface area contributed by atoms with E-state index >= 15 is 0 Å². The van der Waals surface area contributed by atoms with Gasteiger partial charge in [-0.3, -0.25) is 0 Å². The summed E-state index contributed by atoms with van der Waals surface area (Å²) in [6.45, 7) is 3.43. The first-order valence-corrected chi connectivity index (χ1v) is 7.41. The highest BCUT2D eigenvalue weighted by Crippen LogP contribution is 2.12. The van der Waals surface area contributed by atoms with Gasteiger partial charge in [0, 0.05) is 6.54 Å². The van der Waals surface area contributed by atoms with Crippen LogP contribution < -0.4 is 5.32 Å². The van der Waals surface area contributed by atoms with Crippen LogP contribution >= 0.6 is 0 Å². The molecule has 0 aliphatic rings. The molecule has 0 saturated carbocycles. The van der Waals surface area contributed by atoms with Crippen molar-refractivity contribution in [3.63, 3.8) is 0 Å². The van der Waals surface area contributed by atoms with Crippen LogP contribution in [0.5, 0.6) is 0 Å². The summed E-state index contributed by atoms with van der Waals surface area (Å²) in [4.78, 5) is 0. The van der Waals surface area contributed by atoms with Crippen molar-refractivity contribution in [3.8, 4) is 0 Å².